The lowest BCUT2D eigenvalue weighted by molar-refractivity contribution is 0.101. The van der Waals surface area contributed by atoms with E-state index >= 15 is 0 Å². The molecule has 5 rings (SSSR count). The highest BCUT2D eigenvalue weighted by atomic mass is 32.2. The molecule has 0 spiro atoms. The van der Waals surface area contributed by atoms with Crippen LogP contribution in [-0.2, 0) is 28.7 Å². The molecule has 0 aliphatic carbocycles. The van der Waals surface area contributed by atoms with Gasteiger partial charge >= 0.3 is 0 Å². The van der Waals surface area contributed by atoms with Crippen LogP contribution < -0.4 is 19.7 Å². The third-order valence-corrected chi connectivity index (χ3v) is 9.74. The van der Waals surface area contributed by atoms with Gasteiger partial charge < -0.3 is 29.2 Å². The van der Waals surface area contributed by atoms with Gasteiger partial charge in [-0.05, 0) is 68.1 Å². The van der Waals surface area contributed by atoms with Crippen molar-refractivity contribution in [3.8, 4) is 17.4 Å². The zero-order valence-electron chi connectivity index (χ0n) is 28.6. The molecule has 0 radical (unpaired) electrons. The number of hydrogen-bond acceptors (Lipinski definition) is 9. The molecule has 3 heterocycles. The highest BCUT2D eigenvalue weighted by Crippen LogP contribution is 2.37. The molecule has 252 valence electrons. The van der Waals surface area contributed by atoms with E-state index in [1.807, 2.05) is 48.0 Å². The third-order valence-electron chi connectivity index (χ3n) is 8.71. The number of carbonyl (C=O) groups is 1. The van der Waals surface area contributed by atoms with Crippen LogP contribution in [0.2, 0.25) is 0 Å². The van der Waals surface area contributed by atoms with Gasteiger partial charge in [-0.25, -0.2) is 13.4 Å². The average Bonchev–Trinajstić information content (AvgIpc) is 3.62. The number of carbonyl (C=O) groups excluding carboxylic acids is 1. The standard InChI is InChI=1S/C35H46N6O5S/c1-35(2,3)25-19-24(12-10-18-47(8,43)44)32(45-7)27(21-25)37-33(42)28-20-23-11-9-13-29(31(23)40(28)6)46-30-14-16-36-34(38-30)41-17-15-26(22-41)39(4)5/h9,11,13-14,16,19-21,26H,10,12,15,17-18,22H2,1-8H3,(H,37,42). The molecule has 12 heteroatoms. The van der Waals surface area contributed by atoms with E-state index in [0.717, 1.165) is 41.5 Å². The van der Waals surface area contributed by atoms with Crippen LogP contribution >= 0.6 is 0 Å². The summed E-state index contributed by atoms with van der Waals surface area (Å²) in [5.41, 5.74) is 3.37. The Balaban J connectivity index is 1.43. The van der Waals surface area contributed by atoms with Crippen LogP contribution in [-0.4, -0.2) is 86.1 Å². The fourth-order valence-electron chi connectivity index (χ4n) is 6.03. The topological polar surface area (TPSA) is 119 Å². The second-order valence-corrected chi connectivity index (χ2v) is 15.8. The molecule has 1 N–H and O–H groups in total. The molecule has 2 aromatic carbocycles. The number of fused-ring (bicyclic) bond motifs is 1. The number of aromatic nitrogens is 3. The minimum Gasteiger partial charge on any atom is -0.494 e. The third kappa shape index (κ3) is 7.87. The Morgan fingerprint density at radius 1 is 1.15 bits per heavy atom. The minimum absolute atomic E-state index is 0.0729. The number of hydrogen-bond donors (Lipinski definition) is 1. The number of rotatable bonds is 11. The summed E-state index contributed by atoms with van der Waals surface area (Å²) in [4.78, 5) is 27.5. The number of nitrogens with one attached hydrogen (secondary N) is 1. The lowest BCUT2D eigenvalue weighted by Crippen LogP contribution is -2.32. The maximum Gasteiger partial charge on any atom is 0.272 e. The van der Waals surface area contributed by atoms with Crippen LogP contribution in [0, 0.1) is 0 Å². The summed E-state index contributed by atoms with van der Waals surface area (Å²) in [7, 11) is 4.47. The van der Waals surface area contributed by atoms with Crippen molar-refractivity contribution in [2.45, 2.75) is 51.5 Å². The Morgan fingerprint density at radius 3 is 2.57 bits per heavy atom. The second-order valence-electron chi connectivity index (χ2n) is 13.6. The SMILES string of the molecule is COc1c(CCCS(C)(=O)=O)cc(C(C)(C)C)cc1NC(=O)c1cc2cccc(Oc3ccnc(N4CCC(N(C)C)C4)n3)c2n1C. The summed E-state index contributed by atoms with van der Waals surface area (Å²) in [6.07, 6.45) is 4.94. The normalized spacial score (nSPS) is 15.4. The first-order chi connectivity index (χ1) is 22.1. The van der Waals surface area contributed by atoms with E-state index in [1.165, 1.54) is 6.26 Å². The number of amides is 1. The van der Waals surface area contributed by atoms with Gasteiger partial charge in [0.1, 0.15) is 21.3 Å². The predicted octanol–water partition coefficient (Wildman–Crippen LogP) is 5.44. The summed E-state index contributed by atoms with van der Waals surface area (Å²) in [5, 5.41) is 3.93. The van der Waals surface area contributed by atoms with Crippen molar-refractivity contribution in [3.05, 3.63) is 65.5 Å². The minimum atomic E-state index is -3.10. The largest absolute Gasteiger partial charge is 0.494 e. The number of benzene rings is 2. The van der Waals surface area contributed by atoms with E-state index in [4.69, 9.17) is 14.5 Å². The van der Waals surface area contributed by atoms with Crippen LogP contribution in [0.1, 0.15) is 55.2 Å². The first-order valence-corrected chi connectivity index (χ1v) is 17.9. The Labute approximate surface area is 277 Å². The lowest BCUT2D eigenvalue weighted by atomic mass is 9.85. The maximum atomic E-state index is 13.9. The Morgan fingerprint density at radius 2 is 1.91 bits per heavy atom. The van der Waals surface area contributed by atoms with Gasteiger partial charge in [-0.1, -0.05) is 39.0 Å². The number of methoxy groups -OCH3 is 1. The molecule has 1 aliphatic heterocycles. The molecule has 1 saturated heterocycles. The van der Waals surface area contributed by atoms with Crippen molar-refractivity contribution < 1.29 is 22.7 Å². The maximum absolute atomic E-state index is 13.9. The molecule has 1 unspecified atom stereocenters. The van der Waals surface area contributed by atoms with Crippen molar-refractivity contribution in [1.29, 1.82) is 0 Å². The number of anilines is 2. The fourth-order valence-corrected chi connectivity index (χ4v) is 6.70. The number of nitrogens with zero attached hydrogens (tertiary/aromatic N) is 5. The fraction of sp³-hybridized carbons (Fsp3) is 0.457. The van der Waals surface area contributed by atoms with Gasteiger partial charge in [-0.3, -0.25) is 4.79 Å². The molecule has 0 bridgehead atoms. The van der Waals surface area contributed by atoms with Crippen molar-refractivity contribution in [3.63, 3.8) is 0 Å². The molecular weight excluding hydrogens is 616 g/mol. The molecule has 2 aromatic heterocycles. The van der Waals surface area contributed by atoms with Crippen LogP contribution in [0.5, 0.6) is 17.4 Å². The number of aryl methyl sites for hydroxylation is 2. The molecule has 1 atom stereocenters. The number of para-hydroxylation sites is 1. The van der Waals surface area contributed by atoms with Gasteiger partial charge in [0.05, 0.1) is 24.1 Å². The predicted molar refractivity (Wildman–Crippen MR) is 187 cm³/mol. The highest BCUT2D eigenvalue weighted by molar-refractivity contribution is 7.90. The van der Waals surface area contributed by atoms with Gasteiger partial charge in [-0.15, -0.1) is 0 Å². The van der Waals surface area contributed by atoms with Crippen LogP contribution in [0.4, 0.5) is 11.6 Å². The summed E-state index contributed by atoms with van der Waals surface area (Å²) < 4.78 is 37.5. The van der Waals surface area contributed by atoms with E-state index in [9.17, 15) is 13.2 Å². The van der Waals surface area contributed by atoms with Gasteiger partial charge in [0.25, 0.3) is 5.91 Å². The van der Waals surface area contributed by atoms with Crippen LogP contribution in [0.15, 0.2) is 48.7 Å². The Kier molecular flexibility index (Phi) is 9.83. The van der Waals surface area contributed by atoms with Gasteiger partial charge in [0.2, 0.25) is 11.8 Å². The van der Waals surface area contributed by atoms with E-state index < -0.39 is 9.84 Å². The number of sulfone groups is 1. The second kappa shape index (κ2) is 13.5. The van der Waals surface area contributed by atoms with Gasteiger partial charge in [0.15, 0.2) is 5.75 Å². The molecule has 4 aromatic rings. The van der Waals surface area contributed by atoms with E-state index in [1.54, 1.807) is 19.4 Å². The zero-order valence-corrected chi connectivity index (χ0v) is 29.4. The monoisotopic (exact) mass is 662 g/mol. The van der Waals surface area contributed by atoms with Crippen LogP contribution in [0.25, 0.3) is 10.9 Å². The van der Waals surface area contributed by atoms with Crippen molar-refractivity contribution in [1.82, 2.24) is 19.4 Å². The molecule has 47 heavy (non-hydrogen) atoms. The number of likely N-dealkylation sites (N-methyl/N-ethyl adjacent to an activating group) is 1. The van der Waals surface area contributed by atoms with Crippen molar-refractivity contribution in [2.24, 2.45) is 7.05 Å². The molecule has 11 nitrogen and oxygen atoms in total. The molecule has 1 fully saturated rings. The van der Waals surface area contributed by atoms with E-state index in [0.29, 0.717) is 53.6 Å². The number of ether oxygens (including phenoxy) is 2. The smallest absolute Gasteiger partial charge is 0.272 e. The molecule has 1 aliphatic rings. The van der Waals surface area contributed by atoms with E-state index in [2.05, 4.69) is 55.0 Å². The van der Waals surface area contributed by atoms with Crippen molar-refractivity contribution in [2.75, 3.05) is 56.5 Å². The summed E-state index contributed by atoms with van der Waals surface area (Å²) in [5.74, 6) is 1.92. The van der Waals surface area contributed by atoms with Crippen LogP contribution in [0.3, 0.4) is 0 Å². The molecular formula is C35H46N6O5S. The Bertz CT molecular complexity index is 1880. The average molecular weight is 663 g/mol. The summed E-state index contributed by atoms with van der Waals surface area (Å²) in [6.45, 7) is 8.02. The summed E-state index contributed by atoms with van der Waals surface area (Å²) in [6, 6.07) is 13.7. The van der Waals surface area contributed by atoms with Gasteiger partial charge in [-0.2, -0.15) is 4.98 Å². The molecule has 0 saturated carbocycles. The highest BCUT2D eigenvalue weighted by Gasteiger charge is 2.27. The quantitative estimate of drug-likeness (QED) is 0.224. The summed E-state index contributed by atoms with van der Waals surface area (Å²) >= 11 is 0. The zero-order chi connectivity index (χ0) is 34.1. The first-order valence-electron chi connectivity index (χ1n) is 15.9. The first kappa shape index (κ1) is 34.2. The Hall–Kier alpha value is -4.16. The molecule has 1 amide bonds. The van der Waals surface area contributed by atoms with E-state index in [-0.39, 0.29) is 17.1 Å². The van der Waals surface area contributed by atoms with Crippen molar-refractivity contribution >= 4 is 38.3 Å². The van der Waals surface area contributed by atoms with Gasteiger partial charge in [0, 0.05) is 50.1 Å². The lowest BCUT2D eigenvalue weighted by Gasteiger charge is -2.24.